The minimum absolute atomic E-state index is 0.00306. The van der Waals surface area contributed by atoms with E-state index in [4.69, 9.17) is 0 Å². The van der Waals surface area contributed by atoms with Gasteiger partial charge >= 0.3 is 10.0 Å². The van der Waals surface area contributed by atoms with Gasteiger partial charge in [0.05, 0.1) is 6.54 Å². The van der Waals surface area contributed by atoms with Gasteiger partial charge in [0.2, 0.25) is 0 Å². The predicted molar refractivity (Wildman–Crippen MR) is 148 cm³/mol. The maximum Gasteiger partial charge on any atom is 0.327 e. The highest BCUT2D eigenvalue weighted by atomic mass is 32.2. The molecular weight excluding hydrogens is 462 g/mol. The van der Waals surface area contributed by atoms with Crippen molar-refractivity contribution in [2.24, 2.45) is 5.92 Å². The molecule has 0 amide bonds. The highest BCUT2D eigenvalue weighted by Gasteiger charge is 2.45. The third-order valence-electron chi connectivity index (χ3n) is 7.58. The summed E-state index contributed by atoms with van der Waals surface area (Å²) in [4.78, 5) is 0.409. The number of quaternary nitrogens is 1. The molecule has 185 valence electrons. The molecular formula is C32H35NO2S+. The molecule has 1 unspecified atom stereocenters. The van der Waals surface area contributed by atoms with Crippen molar-refractivity contribution in [2.45, 2.75) is 50.6 Å². The molecule has 4 aromatic carbocycles. The number of hydrogen-bond acceptors (Lipinski definition) is 2. The lowest BCUT2D eigenvalue weighted by molar-refractivity contribution is -0.838. The Hall–Kier alpha value is -2.95. The van der Waals surface area contributed by atoms with Gasteiger partial charge in [-0.05, 0) is 61.9 Å². The van der Waals surface area contributed by atoms with Gasteiger partial charge in [0.15, 0.2) is 0 Å². The van der Waals surface area contributed by atoms with Crippen molar-refractivity contribution >= 4 is 20.8 Å². The number of nitrogens with zero attached hydrogens (tertiary/aromatic N) is 1. The summed E-state index contributed by atoms with van der Waals surface area (Å²) in [6.07, 6.45) is 6.58. The summed E-state index contributed by atoms with van der Waals surface area (Å²) < 4.78 is 29.6. The van der Waals surface area contributed by atoms with Gasteiger partial charge in [0.25, 0.3) is 0 Å². The average Bonchev–Trinajstić information content (AvgIpc) is 2.91. The lowest BCUT2D eigenvalue weighted by Gasteiger charge is -2.40. The van der Waals surface area contributed by atoms with Gasteiger partial charge in [0.1, 0.15) is 18.0 Å². The summed E-state index contributed by atoms with van der Waals surface area (Å²) in [5.41, 5.74) is 3.29. The van der Waals surface area contributed by atoms with Crippen LogP contribution < -0.4 is 0 Å². The van der Waals surface area contributed by atoms with Crippen molar-refractivity contribution in [3.63, 3.8) is 0 Å². The Balaban J connectivity index is 1.66. The summed E-state index contributed by atoms with van der Waals surface area (Å²) in [7, 11) is -3.73. The van der Waals surface area contributed by atoms with Crippen LogP contribution in [0.4, 0.5) is 0 Å². The summed E-state index contributed by atoms with van der Waals surface area (Å²) >= 11 is 0. The fraction of sp³-hybridized carbons (Fsp3) is 0.281. The minimum Gasteiger partial charge on any atom is -0.206 e. The van der Waals surface area contributed by atoms with Gasteiger partial charge in [-0.1, -0.05) is 90.5 Å². The van der Waals surface area contributed by atoms with Gasteiger partial charge in [-0.15, -0.1) is 0 Å². The molecule has 1 saturated carbocycles. The van der Waals surface area contributed by atoms with Crippen LogP contribution in [0.15, 0.2) is 102 Å². The number of hydrogen-bond donors (Lipinski definition) is 0. The summed E-state index contributed by atoms with van der Waals surface area (Å²) in [6, 6.07) is 32.1. The molecule has 0 N–H and O–H groups in total. The maximum atomic E-state index is 14.8. The molecule has 1 aliphatic carbocycles. The molecule has 1 radical (unpaired) electrons. The van der Waals surface area contributed by atoms with Crippen LogP contribution in [0.5, 0.6) is 0 Å². The first-order valence-electron chi connectivity index (χ1n) is 13.0. The third-order valence-corrected chi connectivity index (χ3v) is 9.86. The number of rotatable bonds is 8. The lowest BCUT2D eigenvalue weighted by atomic mass is 9.88. The van der Waals surface area contributed by atoms with Gasteiger partial charge in [-0.25, -0.2) is 3.89 Å². The Morgan fingerprint density at radius 1 is 0.722 bits per heavy atom. The Kier molecular flexibility index (Phi) is 7.27. The molecule has 0 bridgehead atoms. The molecule has 1 aliphatic rings. The first kappa shape index (κ1) is 24.7. The van der Waals surface area contributed by atoms with Gasteiger partial charge in [0, 0.05) is 17.0 Å². The first-order chi connectivity index (χ1) is 17.5. The van der Waals surface area contributed by atoms with E-state index >= 15 is 0 Å². The van der Waals surface area contributed by atoms with Crippen LogP contribution in [0.25, 0.3) is 10.8 Å². The van der Waals surface area contributed by atoms with E-state index in [0.29, 0.717) is 30.4 Å². The molecule has 0 heterocycles. The number of fused-ring (bicyclic) bond motifs is 1. The molecule has 4 heteroatoms. The summed E-state index contributed by atoms with van der Waals surface area (Å²) in [5, 5.41) is 2.01. The van der Waals surface area contributed by atoms with Crippen molar-refractivity contribution in [1.29, 1.82) is 0 Å². The zero-order chi connectivity index (χ0) is 25.0. The monoisotopic (exact) mass is 497 g/mol. The van der Waals surface area contributed by atoms with Crippen LogP contribution in [0.1, 0.15) is 42.4 Å². The zero-order valence-corrected chi connectivity index (χ0v) is 21.8. The number of benzene rings is 4. The zero-order valence-electron chi connectivity index (χ0n) is 21.0. The second kappa shape index (κ2) is 10.6. The molecule has 36 heavy (non-hydrogen) atoms. The van der Waals surface area contributed by atoms with E-state index in [1.54, 1.807) is 6.07 Å². The standard InChI is InChI=1S/C32H35NO2S/c1-26-16-18-29(19-17-26)25-33(23-27-10-4-2-5-11-27,24-28-12-6-3-7-13-28)36(34,35)32-21-20-30-14-8-9-15-31(30)22-32/h2-5,8-11,14-22,28H,6-7,12-13,23-25H2,1H3/q+1. The van der Waals surface area contributed by atoms with E-state index in [1.165, 1.54) is 5.56 Å². The summed E-state index contributed by atoms with van der Waals surface area (Å²) in [6.45, 7) is 3.58. The Labute approximate surface area is 216 Å². The van der Waals surface area contributed by atoms with Crippen LogP contribution in [0.3, 0.4) is 0 Å². The fourth-order valence-electron chi connectivity index (χ4n) is 5.60. The smallest absolute Gasteiger partial charge is 0.206 e. The highest BCUT2D eigenvalue weighted by molar-refractivity contribution is 7.86. The van der Waals surface area contributed by atoms with E-state index in [-0.39, 0.29) is 3.89 Å². The predicted octanol–water partition coefficient (Wildman–Crippen LogP) is 7.45. The Morgan fingerprint density at radius 2 is 1.33 bits per heavy atom. The van der Waals surface area contributed by atoms with Crippen molar-refractivity contribution in [3.05, 3.63) is 120 Å². The topological polar surface area (TPSA) is 34.1 Å². The molecule has 1 atom stereocenters. The second-order valence-electron chi connectivity index (χ2n) is 10.3. The van der Waals surface area contributed by atoms with Gasteiger partial charge in [-0.2, -0.15) is 8.42 Å². The maximum absolute atomic E-state index is 14.8. The van der Waals surface area contributed by atoms with Crippen LogP contribution in [0, 0.1) is 19.3 Å². The molecule has 5 rings (SSSR count). The van der Waals surface area contributed by atoms with Crippen molar-refractivity contribution in [1.82, 2.24) is 0 Å². The largest absolute Gasteiger partial charge is 0.327 e. The average molecular weight is 498 g/mol. The SMILES string of the molecule is Cc1ccc(C[N+](Cc2ccccc2)(CC2CC[CH]CC2)S(=O)(=O)c2ccc3ccccc3c2)cc1. The van der Waals surface area contributed by atoms with E-state index in [0.717, 1.165) is 47.6 Å². The Morgan fingerprint density at radius 3 is 2.03 bits per heavy atom. The lowest BCUT2D eigenvalue weighted by Crippen LogP contribution is -2.53. The third kappa shape index (κ3) is 5.25. The fourth-order valence-corrected chi connectivity index (χ4v) is 7.60. The van der Waals surface area contributed by atoms with Crippen molar-refractivity contribution in [2.75, 3.05) is 6.54 Å². The van der Waals surface area contributed by atoms with E-state index < -0.39 is 10.0 Å². The molecule has 0 aliphatic heterocycles. The highest BCUT2D eigenvalue weighted by Crippen LogP contribution is 2.36. The molecule has 1 fully saturated rings. The number of sulfonamides is 1. The van der Waals surface area contributed by atoms with Crippen LogP contribution in [-0.2, 0) is 23.1 Å². The first-order valence-corrected chi connectivity index (χ1v) is 14.4. The van der Waals surface area contributed by atoms with Gasteiger partial charge < -0.3 is 0 Å². The number of aryl methyl sites for hydroxylation is 1. The minimum atomic E-state index is -3.73. The molecule has 0 aromatic heterocycles. The molecule has 0 spiro atoms. The van der Waals surface area contributed by atoms with Gasteiger partial charge in [-0.3, -0.25) is 0 Å². The molecule has 3 nitrogen and oxygen atoms in total. The van der Waals surface area contributed by atoms with E-state index in [1.807, 2.05) is 54.6 Å². The normalized spacial score (nSPS) is 16.6. The van der Waals surface area contributed by atoms with E-state index in [9.17, 15) is 8.42 Å². The Bertz CT molecular complexity index is 1410. The van der Waals surface area contributed by atoms with Crippen molar-refractivity contribution < 1.29 is 12.3 Å². The van der Waals surface area contributed by atoms with Crippen LogP contribution >= 0.6 is 0 Å². The molecule has 0 saturated heterocycles. The van der Waals surface area contributed by atoms with Crippen molar-refractivity contribution in [3.8, 4) is 0 Å². The summed E-state index contributed by atoms with van der Waals surface area (Å²) in [5.74, 6) is 0.374. The second-order valence-corrected chi connectivity index (χ2v) is 12.5. The molecule has 4 aromatic rings. The van der Waals surface area contributed by atoms with Crippen LogP contribution in [-0.4, -0.2) is 18.9 Å². The van der Waals surface area contributed by atoms with E-state index in [2.05, 4.69) is 49.7 Å². The van der Waals surface area contributed by atoms with Crippen LogP contribution in [0.2, 0.25) is 0 Å². The quantitative estimate of drug-likeness (QED) is 0.237.